The first kappa shape index (κ1) is 22.3. The van der Waals surface area contributed by atoms with Crippen molar-refractivity contribution >= 4 is 11.8 Å². The van der Waals surface area contributed by atoms with Crippen molar-refractivity contribution < 1.29 is 14.3 Å². The molecule has 1 N–H and O–H groups in total. The molecular weight excluding hydrogens is 428 g/mol. The van der Waals surface area contributed by atoms with Crippen LogP contribution < -0.4 is 5.32 Å². The van der Waals surface area contributed by atoms with Gasteiger partial charge in [0, 0.05) is 25.6 Å². The standard InChI is InChI=1S/C27H30N4O3/c1-19-7-5-6-10-22(19)15-28-26(32)21-11-13-30(14-12-21)27(33)25-23-17-34-24(16-31(23)18-29-25)20-8-3-2-4-9-20/h2-10,18,21,24H,11-17H2,1H3,(H,28,32). The van der Waals surface area contributed by atoms with E-state index in [4.69, 9.17) is 4.74 Å². The van der Waals surface area contributed by atoms with Gasteiger partial charge in [-0.05, 0) is 36.5 Å². The molecule has 2 aliphatic heterocycles. The number of benzene rings is 2. The van der Waals surface area contributed by atoms with E-state index in [1.165, 1.54) is 5.56 Å². The molecule has 176 valence electrons. The largest absolute Gasteiger partial charge is 0.365 e. The average molecular weight is 459 g/mol. The minimum absolute atomic E-state index is 0.0419. The van der Waals surface area contributed by atoms with Crippen LogP contribution in [0.1, 0.15) is 51.8 Å². The molecule has 1 saturated heterocycles. The van der Waals surface area contributed by atoms with E-state index >= 15 is 0 Å². The maximum atomic E-state index is 13.2. The van der Waals surface area contributed by atoms with Gasteiger partial charge in [-0.2, -0.15) is 0 Å². The Hall–Kier alpha value is -3.45. The lowest BCUT2D eigenvalue weighted by atomic mass is 9.95. The Labute approximate surface area is 199 Å². The molecule has 0 aliphatic carbocycles. The maximum Gasteiger partial charge on any atom is 0.274 e. The summed E-state index contributed by atoms with van der Waals surface area (Å²) < 4.78 is 8.09. The highest BCUT2D eigenvalue weighted by Gasteiger charge is 2.32. The molecule has 5 rings (SSSR count). The van der Waals surface area contributed by atoms with Gasteiger partial charge in [0.05, 0.1) is 25.2 Å². The van der Waals surface area contributed by atoms with Gasteiger partial charge >= 0.3 is 0 Å². The van der Waals surface area contributed by atoms with Crippen LogP contribution in [0.4, 0.5) is 0 Å². The molecule has 3 heterocycles. The molecule has 1 unspecified atom stereocenters. The van der Waals surface area contributed by atoms with Crippen LogP contribution in [-0.2, 0) is 29.2 Å². The smallest absolute Gasteiger partial charge is 0.274 e. The van der Waals surface area contributed by atoms with Gasteiger partial charge < -0.3 is 19.5 Å². The van der Waals surface area contributed by atoms with Crippen LogP contribution in [0.3, 0.4) is 0 Å². The summed E-state index contributed by atoms with van der Waals surface area (Å²) in [5.74, 6) is -0.0803. The highest BCUT2D eigenvalue weighted by Crippen LogP contribution is 2.28. The van der Waals surface area contributed by atoms with E-state index in [-0.39, 0.29) is 23.8 Å². The number of carbonyl (C=O) groups excluding carboxylic acids is 2. The molecule has 2 aliphatic rings. The second-order valence-electron chi connectivity index (χ2n) is 9.11. The summed E-state index contributed by atoms with van der Waals surface area (Å²) in [7, 11) is 0. The lowest BCUT2D eigenvalue weighted by Crippen LogP contribution is -2.43. The van der Waals surface area contributed by atoms with Crippen molar-refractivity contribution in [2.75, 3.05) is 13.1 Å². The number of amides is 2. The zero-order valence-electron chi connectivity index (χ0n) is 19.4. The molecule has 0 spiro atoms. The van der Waals surface area contributed by atoms with Crippen LogP contribution in [-0.4, -0.2) is 39.4 Å². The second kappa shape index (κ2) is 9.81. The molecule has 1 fully saturated rings. The molecule has 2 amide bonds. The van der Waals surface area contributed by atoms with Crippen molar-refractivity contribution in [2.45, 2.75) is 45.6 Å². The van der Waals surface area contributed by atoms with Crippen LogP contribution >= 0.6 is 0 Å². The molecular formula is C27H30N4O3. The van der Waals surface area contributed by atoms with Crippen molar-refractivity contribution in [2.24, 2.45) is 5.92 Å². The molecule has 1 atom stereocenters. The molecule has 7 nitrogen and oxygen atoms in total. The van der Waals surface area contributed by atoms with Gasteiger partial charge in [0.15, 0.2) is 5.69 Å². The van der Waals surface area contributed by atoms with Crippen LogP contribution in [0.25, 0.3) is 0 Å². The maximum absolute atomic E-state index is 13.2. The summed E-state index contributed by atoms with van der Waals surface area (Å²) in [6.07, 6.45) is 3.02. The van der Waals surface area contributed by atoms with Crippen LogP contribution in [0, 0.1) is 12.8 Å². The summed E-state index contributed by atoms with van der Waals surface area (Å²) in [5.41, 5.74) is 4.72. The normalized spacial score (nSPS) is 18.4. The van der Waals surface area contributed by atoms with E-state index in [1.54, 1.807) is 6.33 Å². The Bertz CT molecular complexity index is 1170. The number of hydrogen-bond donors (Lipinski definition) is 1. The highest BCUT2D eigenvalue weighted by atomic mass is 16.5. The lowest BCUT2D eigenvalue weighted by Gasteiger charge is -2.31. The number of fused-ring (bicyclic) bond motifs is 1. The summed E-state index contributed by atoms with van der Waals surface area (Å²) >= 11 is 0. The fourth-order valence-corrected chi connectivity index (χ4v) is 4.80. The van der Waals surface area contributed by atoms with Gasteiger partial charge in [0.2, 0.25) is 5.91 Å². The third kappa shape index (κ3) is 4.61. The number of aromatic nitrogens is 2. The Morgan fingerprint density at radius 2 is 1.79 bits per heavy atom. The number of rotatable bonds is 5. The quantitative estimate of drug-likeness (QED) is 0.634. The number of ether oxygens (including phenoxy) is 1. The van der Waals surface area contributed by atoms with Crippen LogP contribution in [0.2, 0.25) is 0 Å². The first-order chi connectivity index (χ1) is 16.6. The summed E-state index contributed by atoms with van der Waals surface area (Å²) in [6.45, 7) is 4.70. The van der Waals surface area contributed by atoms with Crippen molar-refractivity contribution in [1.29, 1.82) is 0 Å². The number of imidazole rings is 1. The first-order valence-corrected chi connectivity index (χ1v) is 11.9. The van der Waals surface area contributed by atoms with Gasteiger partial charge in [0.1, 0.15) is 6.10 Å². The number of piperidine rings is 1. The topological polar surface area (TPSA) is 76.5 Å². The SMILES string of the molecule is Cc1ccccc1CNC(=O)C1CCN(C(=O)c2ncn3c2COC(c2ccccc2)C3)CC1. The monoisotopic (exact) mass is 458 g/mol. The number of nitrogens with one attached hydrogen (secondary N) is 1. The zero-order valence-corrected chi connectivity index (χ0v) is 19.4. The van der Waals surface area contributed by atoms with Gasteiger partial charge in [-0.3, -0.25) is 9.59 Å². The number of carbonyl (C=O) groups is 2. The molecule has 0 bridgehead atoms. The van der Waals surface area contributed by atoms with Crippen LogP contribution in [0.15, 0.2) is 60.9 Å². The Kier molecular flexibility index (Phi) is 6.45. The lowest BCUT2D eigenvalue weighted by molar-refractivity contribution is -0.126. The second-order valence-corrected chi connectivity index (χ2v) is 9.11. The Balaban J connectivity index is 1.16. The zero-order chi connectivity index (χ0) is 23.5. The first-order valence-electron chi connectivity index (χ1n) is 11.9. The number of likely N-dealkylation sites (tertiary alicyclic amines) is 1. The summed E-state index contributed by atoms with van der Waals surface area (Å²) in [4.78, 5) is 32.1. The molecule has 0 saturated carbocycles. The fourth-order valence-electron chi connectivity index (χ4n) is 4.80. The minimum Gasteiger partial charge on any atom is -0.365 e. The van der Waals surface area contributed by atoms with Gasteiger partial charge in [-0.15, -0.1) is 0 Å². The summed E-state index contributed by atoms with van der Waals surface area (Å²) in [6, 6.07) is 18.2. The third-order valence-corrected chi connectivity index (χ3v) is 6.97. The average Bonchev–Trinajstić information content (AvgIpc) is 3.31. The van der Waals surface area contributed by atoms with Crippen molar-refractivity contribution in [3.05, 3.63) is 89.0 Å². The van der Waals surface area contributed by atoms with E-state index in [1.807, 2.05) is 58.9 Å². The van der Waals surface area contributed by atoms with Crippen molar-refractivity contribution in [1.82, 2.24) is 19.8 Å². The molecule has 34 heavy (non-hydrogen) atoms. The Morgan fingerprint density at radius 1 is 1.06 bits per heavy atom. The van der Waals surface area contributed by atoms with Crippen molar-refractivity contribution in [3.63, 3.8) is 0 Å². The molecule has 2 aromatic carbocycles. The molecule has 0 radical (unpaired) electrons. The fraction of sp³-hybridized carbons (Fsp3) is 0.370. The highest BCUT2D eigenvalue weighted by molar-refractivity contribution is 5.93. The van der Waals surface area contributed by atoms with Crippen LogP contribution in [0.5, 0.6) is 0 Å². The minimum atomic E-state index is -0.0747. The van der Waals surface area contributed by atoms with Gasteiger partial charge in [-0.25, -0.2) is 4.98 Å². The van der Waals surface area contributed by atoms with Gasteiger partial charge in [0.25, 0.3) is 5.91 Å². The number of nitrogens with zero attached hydrogens (tertiary/aromatic N) is 3. The third-order valence-electron chi connectivity index (χ3n) is 6.97. The van der Waals surface area contributed by atoms with E-state index in [9.17, 15) is 9.59 Å². The predicted octanol–water partition coefficient (Wildman–Crippen LogP) is 3.63. The van der Waals surface area contributed by atoms with Crippen molar-refractivity contribution in [3.8, 4) is 0 Å². The molecule has 3 aromatic rings. The molecule has 7 heteroatoms. The van der Waals surface area contributed by atoms with E-state index < -0.39 is 0 Å². The van der Waals surface area contributed by atoms with E-state index in [0.717, 1.165) is 16.8 Å². The van der Waals surface area contributed by atoms with E-state index in [0.29, 0.717) is 51.3 Å². The summed E-state index contributed by atoms with van der Waals surface area (Å²) in [5, 5.41) is 3.07. The number of hydrogen-bond acceptors (Lipinski definition) is 4. The Morgan fingerprint density at radius 3 is 2.56 bits per heavy atom. The molecule has 1 aromatic heterocycles. The van der Waals surface area contributed by atoms with Gasteiger partial charge in [-0.1, -0.05) is 54.6 Å². The van der Waals surface area contributed by atoms with E-state index in [2.05, 4.69) is 22.4 Å². The number of aryl methyl sites for hydroxylation is 1. The predicted molar refractivity (Wildman–Crippen MR) is 128 cm³/mol.